The Morgan fingerprint density at radius 2 is 1.84 bits per heavy atom. The number of nitrogens with one attached hydrogen (secondary N) is 2. The lowest BCUT2D eigenvalue weighted by molar-refractivity contribution is -0.123. The maximum absolute atomic E-state index is 13.9. The van der Waals surface area contributed by atoms with Gasteiger partial charge in [-0.15, -0.1) is 0 Å². The van der Waals surface area contributed by atoms with E-state index in [1.165, 1.54) is 18.2 Å². The van der Waals surface area contributed by atoms with Crippen LogP contribution < -0.4 is 5.43 Å². The summed E-state index contributed by atoms with van der Waals surface area (Å²) in [4.78, 5) is 46.7. The van der Waals surface area contributed by atoms with Gasteiger partial charge in [-0.1, -0.05) is 32.0 Å². The van der Waals surface area contributed by atoms with Crippen molar-refractivity contribution in [2.45, 2.75) is 26.2 Å². The molecule has 0 fully saturated rings. The molecule has 2 aromatic heterocycles. The van der Waals surface area contributed by atoms with Gasteiger partial charge in [-0.2, -0.15) is 5.01 Å². The van der Waals surface area contributed by atoms with Gasteiger partial charge in [-0.25, -0.2) is 4.39 Å². The van der Waals surface area contributed by atoms with Crippen molar-refractivity contribution in [3.63, 3.8) is 0 Å². The molecule has 5 rings (SSSR count). The van der Waals surface area contributed by atoms with Crippen LogP contribution in [-0.2, 0) is 11.2 Å². The second-order valence-electron chi connectivity index (χ2n) is 8.08. The molecule has 2 N–H and O–H groups in total. The molecule has 1 aliphatic heterocycles. The molecular weight excluding hydrogens is 411 g/mol. The van der Waals surface area contributed by atoms with Gasteiger partial charge in [0.2, 0.25) is 5.91 Å². The summed E-state index contributed by atoms with van der Waals surface area (Å²) in [6, 6.07) is 11.5. The zero-order valence-electron chi connectivity index (χ0n) is 17.4. The van der Waals surface area contributed by atoms with Crippen LogP contribution in [0.1, 0.15) is 51.7 Å². The van der Waals surface area contributed by atoms with E-state index in [1.54, 1.807) is 6.20 Å². The molecule has 1 aliphatic rings. The molecule has 4 aromatic rings. The molecule has 0 atom stereocenters. The van der Waals surface area contributed by atoms with Crippen LogP contribution in [0.5, 0.6) is 0 Å². The third-order valence-electron chi connectivity index (χ3n) is 5.62. The highest BCUT2D eigenvalue weighted by molar-refractivity contribution is 6.27. The average Bonchev–Trinajstić information content (AvgIpc) is 3.28. The Morgan fingerprint density at radius 3 is 2.62 bits per heavy atom. The van der Waals surface area contributed by atoms with Crippen LogP contribution in [0.3, 0.4) is 0 Å². The average molecular weight is 430 g/mol. The fourth-order valence-corrected chi connectivity index (χ4v) is 4.14. The number of hydrazine groups is 1. The van der Waals surface area contributed by atoms with Gasteiger partial charge < -0.3 is 4.98 Å². The summed E-state index contributed by atoms with van der Waals surface area (Å²) in [6.45, 7) is 3.71. The Balaban J connectivity index is 1.50. The molecule has 7 nitrogen and oxygen atoms in total. The van der Waals surface area contributed by atoms with Gasteiger partial charge in [0.15, 0.2) is 0 Å². The summed E-state index contributed by atoms with van der Waals surface area (Å²) < 4.78 is 13.9. The number of hydrogen-bond donors (Lipinski definition) is 2. The third kappa shape index (κ3) is 3.03. The van der Waals surface area contributed by atoms with Crippen LogP contribution in [-0.4, -0.2) is 32.7 Å². The van der Waals surface area contributed by atoms with Gasteiger partial charge in [0, 0.05) is 22.5 Å². The zero-order valence-corrected chi connectivity index (χ0v) is 17.4. The van der Waals surface area contributed by atoms with Crippen LogP contribution in [0.25, 0.3) is 21.8 Å². The molecule has 3 amide bonds. The molecule has 0 spiro atoms. The number of rotatable bonds is 4. The number of carbonyl (C=O) groups excluding carboxylic acids is 3. The van der Waals surface area contributed by atoms with E-state index in [-0.39, 0.29) is 28.9 Å². The lowest BCUT2D eigenvalue weighted by Crippen LogP contribution is -2.46. The number of hydrogen-bond acceptors (Lipinski definition) is 4. The molecule has 2 aromatic carbocycles. The minimum absolute atomic E-state index is 0.0257. The van der Waals surface area contributed by atoms with Crippen molar-refractivity contribution in [2.24, 2.45) is 0 Å². The number of para-hydroxylation sites is 1. The Hall–Kier alpha value is -4.07. The minimum Gasteiger partial charge on any atom is -0.361 e. The lowest BCUT2D eigenvalue weighted by Gasteiger charge is -2.15. The first kappa shape index (κ1) is 19.9. The van der Waals surface area contributed by atoms with Crippen LogP contribution in [0.15, 0.2) is 48.7 Å². The quantitative estimate of drug-likeness (QED) is 0.481. The maximum atomic E-state index is 13.9. The van der Waals surface area contributed by atoms with E-state index in [4.69, 9.17) is 0 Å². The van der Waals surface area contributed by atoms with Gasteiger partial charge >= 0.3 is 0 Å². The first-order valence-electron chi connectivity index (χ1n) is 10.2. The highest BCUT2D eigenvalue weighted by Crippen LogP contribution is 2.34. The second-order valence-corrected chi connectivity index (χ2v) is 8.08. The van der Waals surface area contributed by atoms with Crippen molar-refractivity contribution in [3.8, 4) is 0 Å². The van der Waals surface area contributed by atoms with Gasteiger partial charge in [0.05, 0.1) is 28.8 Å². The van der Waals surface area contributed by atoms with Gasteiger partial charge in [-0.05, 0) is 35.7 Å². The second kappa shape index (κ2) is 7.26. The van der Waals surface area contributed by atoms with Crippen molar-refractivity contribution in [1.29, 1.82) is 0 Å². The summed E-state index contributed by atoms with van der Waals surface area (Å²) in [7, 11) is 0. The molecule has 8 heteroatoms. The molecule has 0 bridgehead atoms. The van der Waals surface area contributed by atoms with Gasteiger partial charge in [-0.3, -0.25) is 24.8 Å². The maximum Gasteiger partial charge on any atom is 0.282 e. The van der Waals surface area contributed by atoms with Crippen molar-refractivity contribution in [3.05, 3.63) is 76.9 Å². The Kier molecular flexibility index (Phi) is 4.51. The number of benzene rings is 2. The predicted molar refractivity (Wildman–Crippen MR) is 116 cm³/mol. The number of carbonyl (C=O) groups is 3. The van der Waals surface area contributed by atoms with Crippen molar-refractivity contribution in [2.75, 3.05) is 0 Å². The fourth-order valence-electron chi connectivity index (χ4n) is 4.14. The van der Waals surface area contributed by atoms with Crippen molar-refractivity contribution in [1.82, 2.24) is 20.4 Å². The van der Waals surface area contributed by atoms with E-state index < -0.39 is 23.5 Å². The normalized spacial score (nSPS) is 13.4. The minimum atomic E-state index is -0.697. The summed E-state index contributed by atoms with van der Waals surface area (Å²) in [6.07, 6.45) is 1.70. The number of fused-ring (bicyclic) bond motifs is 4. The number of halogens is 1. The van der Waals surface area contributed by atoms with E-state index >= 15 is 0 Å². The lowest BCUT2D eigenvalue weighted by atomic mass is 9.97. The number of aromatic amines is 1. The summed E-state index contributed by atoms with van der Waals surface area (Å²) in [5.41, 5.74) is 5.09. The Bertz CT molecular complexity index is 1440. The smallest absolute Gasteiger partial charge is 0.282 e. The third-order valence-corrected chi connectivity index (χ3v) is 5.62. The summed E-state index contributed by atoms with van der Waals surface area (Å²) in [5.74, 6) is -2.58. The van der Waals surface area contributed by atoms with Gasteiger partial charge in [0.25, 0.3) is 11.8 Å². The molecule has 0 radical (unpaired) electrons. The number of imide groups is 1. The first-order chi connectivity index (χ1) is 15.3. The number of aromatic nitrogens is 2. The van der Waals surface area contributed by atoms with Crippen LogP contribution in [0.4, 0.5) is 4.39 Å². The highest BCUT2D eigenvalue weighted by atomic mass is 19.1. The Morgan fingerprint density at radius 1 is 1.09 bits per heavy atom. The Labute approximate surface area is 182 Å². The monoisotopic (exact) mass is 430 g/mol. The van der Waals surface area contributed by atoms with E-state index in [9.17, 15) is 18.8 Å². The molecule has 0 saturated heterocycles. The van der Waals surface area contributed by atoms with Crippen LogP contribution >= 0.6 is 0 Å². The van der Waals surface area contributed by atoms with Gasteiger partial charge in [0.1, 0.15) is 5.82 Å². The van der Waals surface area contributed by atoms with E-state index in [2.05, 4.69) is 15.4 Å². The molecule has 32 heavy (non-hydrogen) atoms. The van der Waals surface area contributed by atoms with E-state index in [0.717, 1.165) is 16.5 Å². The number of nitrogens with zero attached hydrogens (tertiary/aromatic N) is 2. The molecule has 160 valence electrons. The number of pyridine rings is 1. The van der Waals surface area contributed by atoms with Crippen molar-refractivity contribution >= 4 is 39.5 Å². The zero-order chi connectivity index (χ0) is 22.6. The van der Waals surface area contributed by atoms with Crippen molar-refractivity contribution < 1.29 is 18.8 Å². The SMILES string of the molecule is CC(C)c1nc2ccc(F)cc2c2c1C(=O)N(NC(=O)Cc1c[nH]c3ccccc13)C2=O. The topological polar surface area (TPSA) is 95.2 Å². The molecule has 0 unspecified atom stereocenters. The molecule has 0 saturated carbocycles. The predicted octanol–water partition coefficient (Wildman–Crippen LogP) is 3.85. The number of H-pyrrole nitrogens is 1. The van der Waals surface area contributed by atoms with Crippen LogP contribution in [0.2, 0.25) is 0 Å². The molecule has 0 aliphatic carbocycles. The highest BCUT2D eigenvalue weighted by Gasteiger charge is 2.41. The standard InChI is InChI=1S/C24H19FN4O3/c1-12(2)22-21-20(16-10-14(25)7-8-18(16)27-22)23(31)29(24(21)32)28-19(30)9-13-11-26-17-6-4-3-5-15(13)17/h3-8,10-12,26H,9H2,1-2H3,(H,28,30). The summed E-state index contributed by atoms with van der Waals surface area (Å²) in [5, 5.41) is 1.84. The number of amides is 3. The van der Waals surface area contributed by atoms with Crippen LogP contribution in [0, 0.1) is 5.82 Å². The van der Waals surface area contributed by atoms with E-state index in [0.29, 0.717) is 16.2 Å². The molecular formula is C24H19FN4O3. The largest absolute Gasteiger partial charge is 0.361 e. The molecule has 3 heterocycles. The fraction of sp³-hybridized carbons (Fsp3) is 0.167. The summed E-state index contributed by atoms with van der Waals surface area (Å²) >= 11 is 0. The van der Waals surface area contributed by atoms with E-state index in [1.807, 2.05) is 38.1 Å². The first-order valence-corrected chi connectivity index (χ1v) is 10.2.